The molecule has 2 aromatic rings. The van der Waals surface area contributed by atoms with Crippen molar-refractivity contribution >= 4 is 33.3 Å². The third-order valence-electron chi connectivity index (χ3n) is 4.94. The number of halogens is 1. The van der Waals surface area contributed by atoms with Gasteiger partial charge in [-0.25, -0.2) is 13.4 Å². The summed E-state index contributed by atoms with van der Waals surface area (Å²) >= 11 is 6.17. The Bertz CT molecular complexity index is 974. The maximum absolute atomic E-state index is 12.7. The molecule has 1 aromatic carbocycles. The molecule has 0 spiro atoms. The molecule has 0 fully saturated rings. The van der Waals surface area contributed by atoms with Gasteiger partial charge in [0.2, 0.25) is 10.0 Å². The average Bonchev–Trinajstić information content (AvgIpc) is 2.73. The molecule has 9 heteroatoms. The number of aromatic nitrogens is 1. The number of carbonyl (C=O) groups is 1. The first-order valence-corrected chi connectivity index (χ1v) is 11.7. The van der Waals surface area contributed by atoms with Crippen molar-refractivity contribution in [2.45, 2.75) is 45.2 Å². The van der Waals surface area contributed by atoms with E-state index in [9.17, 15) is 13.2 Å². The van der Waals surface area contributed by atoms with Crippen molar-refractivity contribution in [1.82, 2.24) is 14.6 Å². The lowest BCUT2D eigenvalue weighted by Gasteiger charge is -2.21. The van der Waals surface area contributed by atoms with Gasteiger partial charge in [-0.15, -0.1) is 0 Å². The van der Waals surface area contributed by atoms with Crippen molar-refractivity contribution in [2.24, 2.45) is 0 Å². The van der Waals surface area contributed by atoms with Crippen LogP contribution >= 0.6 is 11.6 Å². The molecule has 0 saturated carbocycles. The first kappa shape index (κ1) is 24.1. The molecule has 7 nitrogen and oxygen atoms in total. The summed E-state index contributed by atoms with van der Waals surface area (Å²) in [6.45, 7) is 9.67. The number of sulfonamides is 1. The smallest absolute Gasteiger partial charge is 0.253 e. The van der Waals surface area contributed by atoms with E-state index in [1.807, 2.05) is 12.1 Å². The highest BCUT2D eigenvalue weighted by molar-refractivity contribution is 7.89. The van der Waals surface area contributed by atoms with E-state index < -0.39 is 15.9 Å². The van der Waals surface area contributed by atoms with E-state index in [2.05, 4.69) is 29.0 Å². The van der Waals surface area contributed by atoms with Crippen LogP contribution in [0.5, 0.6) is 0 Å². The molecule has 1 N–H and O–H groups in total. The molecule has 0 aliphatic rings. The van der Waals surface area contributed by atoms with Crippen LogP contribution in [0.4, 0.5) is 5.82 Å². The number of anilines is 1. The van der Waals surface area contributed by atoms with Crippen molar-refractivity contribution in [3.8, 4) is 0 Å². The first-order valence-electron chi connectivity index (χ1n) is 9.87. The molecule has 0 bridgehead atoms. The monoisotopic (exact) mass is 452 g/mol. The fraction of sp³-hybridized carbons (Fsp3) is 0.429. The molecule has 164 valence electrons. The van der Waals surface area contributed by atoms with E-state index in [-0.39, 0.29) is 28.1 Å². The molecule has 0 aliphatic carbocycles. The molecular formula is C21H29ClN4O3S. The van der Waals surface area contributed by atoms with Gasteiger partial charge in [0.1, 0.15) is 5.82 Å². The van der Waals surface area contributed by atoms with E-state index in [0.29, 0.717) is 0 Å². The minimum Gasteiger partial charge on any atom is -0.357 e. The fourth-order valence-corrected chi connectivity index (χ4v) is 4.41. The van der Waals surface area contributed by atoms with Gasteiger partial charge in [0.15, 0.2) is 0 Å². The molecule has 2 rings (SSSR count). The van der Waals surface area contributed by atoms with Crippen LogP contribution in [0, 0.1) is 0 Å². The van der Waals surface area contributed by atoms with E-state index >= 15 is 0 Å². The van der Waals surface area contributed by atoms with E-state index in [1.54, 1.807) is 20.0 Å². The largest absolute Gasteiger partial charge is 0.357 e. The molecule has 1 amide bonds. The molecule has 0 saturated heterocycles. The number of carbonyl (C=O) groups excluding carboxylic acids is 1. The molecule has 0 atom stereocenters. The lowest BCUT2D eigenvalue weighted by Crippen LogP contribution is -2.33. The van der Waals surface area contributed by atoms with Crippen LogP contribution in [0.1, 0.15) is 43.6 Å². The van der Waals surface area contributed by atoms with Gasteiger partial charge in [-0.3, -0.25) is 4.79 Å². The number of nitrogens with zero attached hydrogens (tertiary/aromatic N) is 3. The highest BCUT2D eigenvalue weighted by Gasteiger charge is 2.25. The van der Waals surface area contributed by atoms with Crippen molar-refractivity contribution < 1.29 is 13.2 Å². The number of rotatable bonds is 9. The maximum Gasteiger partial charge on any atom is 0.253 e. The van der Waals surface area contributed by atoms with Gasteiger partial charge in [0, 0.05) is 38.9 Å². The highest BCUT2D eigenvalue weighted by Crippen LogP contribution is 2.23. The molecule has 1 aromatic heterocycles. The van der Waals surface area contributed by atoms with Gasteiger partial charge in [0.05, 0.1) is 15.5 Å². The Morgan fingerprint density at radius 3 is 2.37 bits per heavy atom. The van der Waals surface area contributed by atoms with Crippen LogP contribution in [0.2, 0.25) is 5.02 Å². The second-order valence-corrected chi connectivity index (χ2v) is 9.54. The Balaban J connectivity index is 2.16. The summed E-state index contributed by atoms with van der Waals surface area (Å²) < 4.78 is 26.7. The Morgan fingerprint density at radius 1 is 1.17 bits per heavy atom. The standard InChI is InChI=1S/C21H29ClN4O3S/c1-6-26(7-2)20-11-8-16(13-23-20)14-24-21(27)18-12-17(9-10-19(18)22)30(28,29)25(5)15(3)4/h8-13,15H,6-7,14H2,1-5H3,(H,24,27). The molecule has 0 radical (unpaired) electrons. The van der Waals surface area contributed by atoms with Crippen LogP contribution in [0.25, 0.3) is 0 Å². The summed E-state index contributed by atoms with van der Waals surface area (Å²) in [5.74, 6) is 0.433. The van der Waals surface area contributed by atoms with Crippen LogP contribution in [-0.4, -0.2) is 49.8 Å². The lowest BCUT2D eigenvalue weighted by molar-refractivity contribution is 0.0951. The van der Waals surface area contributed by atoms with E-state index in [0.717, 1.165) is 24.5 Å². The van der Waals surface area contributed by atoms with Crippen LogP contribution in [0.3, 0.4) is 0 Å². The SMILES string of the molecule is CCN(CC)c1ccc(CNC(=O)c2cc(S(=O)(=O)N(C)C(C)C)ccc2Cl)cn1. The predicted octanol–water partition coefficient (Wildman–Crippen LogP) is 3.54. The van der Waals surface area contributed by atoms with E-state index in [4.69, 9.17) is 11.6 Å². The van der Waals surface area contributed by atoms with Gasteiger partial charge in [-0.2, -0.15) is 4.31 Å². The zero-order valence-corrected chi connectivity index (χ0v) is 19.6. The summed E-state index contributed by atoms with van der Waals surface area (Å²) in [6.07, 6.45) is 1.72. The van der Waals surface area contributed by atoms with Crippen LogP contribution in [0.15, 0.2) is 41.4 Å². The number of hydrogen-bond acceptors (Lipinski definition) is 5. The van der Waals surface area contributed by atoms with Crippen molar-refractivity contribution in [3.05, 3.63) is 52.7 Å². The third-order valence-corrected chi connectivity index (χ3v) is 7.30. The minimum atomic E-state index is -3.72. The quantitative estimate of drug-likeness (QED) is 0.629. The predicted molar refractivity (Wildman–Crippen MR) is 121 cm³/mol. The number of pyridine rings is 1. The molecule has 0 unspecified atom stereocenters. The normalized spacial score (nSPS) is 11.7. The van der Waals surface area contributed by atoms with Crippen LogP contribution in [-0.2, 0) is 16.6 Å². The minimum absolute atomic E-state index is 0.0264. The summed E-state index contributed by atoms with van der Waals surface area (Å²) in [5, 5.41) is 2.97. The topological polar surface area (TPSA) is 82.6 Å². The number of nitrogens with one attached hydrogen (secondary N) is 1. The Kier molecular flexibility index (Phi) is 8.23. The Morgan fingerprint density at radius 2 is 1.83 bits per heavy atom. The van der Waals surface area contributed by atoms with Gasteiger partial charge in [-0.05, 0) is 57.5 Å². The summed E-state index contributed by atoms with van der Waals surface area (Å²) in [5.41, 5.74) is 0.946. The summed E-state index contributed by atoms with van der Waals surface area (Å²) in [6, 6.07) is 7.75. The average molecular weight is 453 g/mol. The zero-order valence-electron chi connectivity index (χ0n) is 18.0. The van der Waals surface area contributed by atoms with E-state index in [1.165, 1.54) is 29.6 Å². The molecule has 30 heavy (non-hydrogen) atoms. The summed E-state index contributed by atoms with van der Waals surface area (Å²) in [4.78, 5) is 19.2. The van der Waals surface area contributed by atoms with Gasteiger partial charge in [-0.1, -0.05) is 17.7 Å². The molecule has 1 heterocycles. The first-order chi connectivity index (χ1) is 14.1. The van der Waals surface area contributed by atoms with Crippen LogP contribution < -0.4 is 10.2 Å². The molecular weight excluding hydrogens is 424 g/mol. The van der Waals surface area contributed by atoms with Crippen molar-refractivity contribution in [2.75, 3.05) is 25.0 Å². The van der Waals surface area contributed by atoms with Crippen molar-refractivity contribution in [1.29, 1.82) is 0 Å². The second kappa shape index (κ2) is 10.2. The van der Waals surface area contributed by atoms with Gasteiger partial charge >= 0.3 is 0 Å². The lowest BCUT2D eigenvalue weighted by atomic mass is 10.2. The molecule has 0 aliphatic heterocycles. The fourth-order valence-electron chi connectivity index (χ4n) is 2.82. The number of amides is 1. The Labute approximate surface area is 184 Å². The third kappa shape index (κ3) is 5.50. The maximum atomic E-state index is 12.7. The number of benzene rings is 1. The zero-order chi connectivity index (χ0) is 22.5. The summed E-state index contributed by atoms with van der Waals surface area (Å²) in [7, 11) is -2.21. The highest BCUT2D eigenvalue weighted by atomic mass is 35.5. The van der Waals surface area contributed by atoms with Crippen molar-refractivity contribution in [3.63, 3.8) is 0 Å². The number of hydrogen-bond donors (Lipinski definition) is 1. The Hall–Kier alpha value is -2.16. The van der Waals surface area contributed by atoms with Gasteiger partial charge in [0.25, 0.3) is 5.91 Å². The second-order valence-electron chi connectivity index (χ2n) is 7.14. The van der Waals surface area contributed by atoms with Gasteiger partial charge < -0.3 is 10.2 Å².